The van der Waals surface area contributed by atoms with Crippen LogP contribution in [0.25, 0.3) is 0 Å². The van der Waals surface area contributed by atoms with Gasteiger partial charge in [-0.1, -0.05) is 15.9 Å². The van der Waals surface area contributed by atoms with E-state index in [4.69, 9.17) is 4.74 Å². The summed E-state index contributed by atoms with van der Waals surface area (Å²) in [6.45, 7) is 3.36. The Balaban J connectivity index is 1.74. The Morgan fingerprint density at radius 1 is 0.871 bits per heavy atom. The summed E-state index contributed by atoms with van der Waals surface area (Å²) in [6.07, 6.45) is -0.278. The monoisotopic (exact) mass is 490 g/mol. The van der Waals surface area contributed by atoms with Crippen molar-refractivity contribution >= 4 is 51.1 Å². The lowest BCUT2D eigenvalue weighted by Crippen LogP contribution is -2.22. The number of carbonyl (C=O) groups excluding carboxylic acids is 4. The number of hydrogen-bond donors (Lipinski definition) is 2. The molecule has 0 saturated carbocycles. The summed E-state index contributed by atoms with van der Waals surface area (Å²) in [5.41, 5.74) is 3.38. The van der Waals surface area contributed by atoms with E-state index < -0.39 is 30.4 Å². The van der Waals surface area contributed by atoms with Crippen molar-refractivity contribution in [2.75, 3.05) is 24.4 Å². The summed E-state index contributed by atoms with van der Waals surface area (Å²) >= 11 is 3.42. The number of rotatable bonds is 8. The molecule has 2 aromatic rings. The van der Waals surface area contributed by atoms with Gasteiger partial charge >= 0.3 is 11.9 Å². The normalized spacial score (nSPS) is 10.2. The van der Waals surface area contributed by atoms with E-state index in [0.717, 1.165) is 15.6 Å². The van der Waals surface area contributed by atoms with Gasteiger partial charge in [0.1, 0.15) is 0 Å². The molecule has 0 heterocycles. The molecule has 31 heavy (non-hydrogen) atoms. The molecular formula is C22H23BrN2O6. The third-order valence-electron chi connectivity index (χ3n) is 4.51. The van der Waals surface area contributed by atoms with Crippen LogP contribution >= 0.6 is 15.9 Å². The van der Waals surface area contributed by atoms with Crippen molar-refractivity contribution in [2.24, 2.45) is 0 Å². The maximum atomic E-state index is 12.0. The SMILES string of the molecule is COC(=O)c1ccc(NC(=O)CCC(=O)OCC(=O)Nc2ccc(Br)c(C)c2C)cc1. The first-order valence-electron chi connectivity index (χ1n) is 9.40. The second-order valence-corrected chi connectivity index (χ2v) is 7.53. The molecule has 9 heteroatoms. The van der Waals surface area contributed by atoms with Crippen LogP contribution in [-0.4, -0.2) is 37.5 Å². The van der Waals surface area contributed by atoms with Crippen molar-refractivity contribution in [3.8, 4) is 0 Å². The van der Waals surface area contributed by atoms with Gasteiger partial charge < -0.3 is 20.1 Å². The maximum absolute atomic E-state index is 12.0. The number of nitrogens with one attached hydrogen (secondary N) is 2. The van der Waals surface area contributed by atoms with Gasteiger partial charge in [-0.05, 0) is 61.4 Å². The van der Waals surface area contributed by atoms with Gasteiger partial charge in [0.05, 0.1) is 19.1 Å². The van der Waals surface area contributed by atoms with Crippen LogP contribution in [0.1, 0.15) is 34.3 Å². The van der Waals surface area contributed by atoms with Crippen LogP contribution in [0, 0.1) is 13.8 Å². The minimum Gasteiger partial charge on any atom is -0.465 e. The third-order valence-corrected chi connectivity index (χ3v) is 5.36. The van der Waals surface area contributed by atoms with Gasteiger partial charge in [0, 0.05) is 22.3 Å². The third kappa shape index (κ3) is 7.21. The Morgan fingerprint density at radius 3 is 2.19 bits per heavy atom. The predicted molar refractivity (Wildman–Crippen MR) is 119 cm³/mol. The van der Waals surface area contributed by atoms with Gasteiger partial charge in [0.2, 0.25) is 5.91 Å². The number of halogens is 1. The Bertz CT molecular complexity index is 988. The highest BCUT2D eigenvalue weighted by Crippen LogP contribution is 2.25. The van der Waals surface area contributed by atoms with Crippen LogP contribution in [0.15, 0.2) is 40.9 Å². The van der Waals surface area contributed by atoms with Crippen molar-refractivity contribution in [1.82, 2.24) is 0 Å². The van der Waals surface area contributed by atoms with Crippen molar-refractivity contribution in [3.63, 3.8) is 0 Å². The van der Waals surface area contributed by atoms with E-state index in [9.17, 15) is 19.2 Å². The summed E-state index contributed by atoms with van der Waals surface area (Å²) < 4.78 is 10.5. The Hall–Kier alpha value is -3.20. The number of anilines is 2. The molecule has 2 rings (SSSR count). The molecule has 2 N–H and O–H groups in total. The average molecular weight is 491 g/mol. The van der Waals surface area contributed by atoms with Crippen LogP contribution in [0.2, 0.25) is 0 Å². The van der Waals surface area contributed by atoms with Gasteiger partial charge in [-0.2, -0.15) is 0 Å². The molecule has 0 spiro atoms. The molecule has 164 valence electrons. The molecule has 0 radical (unpaired) electrons. The van der Waals surface area contributed by atoms with E-state index in [1.54, 1.807) is 18.2 Å². The second-order valence-electron chi connectivity index (χ2n) is 6.67. The van der Waals surface area contributed by atoms with Crippen LogP contribution in [0.3, 0.4) is 0 Å². The van der Waals surface area contributed by atoms with Crippen molar-refractivity contribution in [2.45, 2.75) is 26.7 Å². The van der Waals surface area contributed by atoms with Crippen LogP contribution in [0.5, 0.6) is 0 Å². The Morgan fingerprint density at radius 2 is 1.55 bits per heavy atom. The zero-order valence-corrected chi connectivity index (χ0v) is 19.0. The van der Waals surface area contributed by atoms with Crippen molar-refractivity contribution < 1.29 is 28.7 Å². The number of esters is 2. The summed E-state index contributed by atoms with van der Waals surface area (Å²) in [7, 11) is 1.28. The average Bonchev–Trinajstić information content (AvgIpc) is 2.76. The molecule has 0 aliphatic rings. The molecule has 0 aromatic heterocycles. The first-order chi connectivity index (χ1) is 14.7. The van der Waals surface area contributed by atoms with E-state index in [0.29, 0.717) is 16.9 Å². The molecule has 0 atom stereocenters. The van der Waals surface area contributed by atoms with Gasteiger partial charge in [0.25, 0.3) is 5.91 Å². The molecule has 0 fully saturated rings. The maximum Gasteiger partial charge on any atom is 0.337 e. The first-order valence-corrected chi connectivity index (χ1v) is 10.2. The molecule has 0 saturated heterocycles. The number of hydrogen-bond acceptors (Lipinski definition) is 6. The predicted octanol–water partition coefficient (Wildman–Crippen LogP) is 3.75. The lowest BCUT2D eigenvalue weighted by atomic mass is 10.1. The zero-order chi connectivity index (χ0) is 23.0. The van der Waals surface area contributed by atoms with Crippen LogP contribution < -0.4 is 10.6 Å². The highest BCUT2D eigenvalue weighted by Gasteiger charge is 2.13. The molecular weight excluding hydrogens is 468 g/mol. The van der Waals surface area contributed by atoms with E-state index >= 15 is 0 Å². The van der Waals surface area contributed by atoms with E-state index in [1.807, 2.05) is 19.9 Å². The van der Waals surface area contributed by atoms with Crippen molar-refractivity contribution in [1.29, 1.82) is 0 Å². The number of ether oxygens (including phenoxy) is 2. The number of carbonyl (C=O) groups is 4. The van der Waals surface area contributed by atoms with Gasteiger partial charge in [-0.15, -0.1) is 0 Å². The second kappa shape index (κ2) is 11.3. The highest BCUT2D eigenvalue weighted by atomic mass is 79.9. The topological polar surface area (TPSA) is 111 Å². The standard InChI is InChI=1S/C22H23BrN2O6/c1-13-14(2)18(9-8-17(13)23)25-20(27)12-31-21(28)11-10-19(26)24-16-6-4-15(5-7-16)22(29)30-3/h4-9H,10-12H2,1-3H3,(H,24,26)(H,25,27). The summed E-state index contributed by atoms with van der Waals surface area (Å²) in [4.78, 5) is 47.2. The fourth-order valence-electron chi connectivity index (χ4n) is 2.57. The number of benzene rings is 2. The van der Waals surface area contributed by atoms with Crippen LogP contribution in [-0.2, 0) is 23.9 Å². The zero-order valence-electron chi connectivity index (χ0n) is 17.4. The Labute approximate surface area is 188 Å². The molecule has 0 unspecified atom stereocenters. The van der Waals surface area contributed by atoms with E-state index in [1.165, 1.54) is 19.2 Å². The van der Waals surface area contributed by atoms with Crippen LogP contribution in [0.4, 0.5) is 11.4 Å². The first kappa shape index (κ1) is 24.1. The highest BCUT2D eigenvalue weighted by molar-refractivity contribution is 9.10. The minimum absolute atomic E-state index is 0.107. The van der Waals surface area contributed by atoms with E-state index in [-0.39, 0.29) is 12.8 Å². The summed E-state index contributed by atoms with van der Waals surface area (Å²) in [5.74, 6) is -1.99. The number of amides is 2. The molecule has 0 aliphatic heterocycles. The van der Waals surface area contributed by atoms with Gasteiger partial charge in [-0.3, -0.25) is 14.4 Å². The lowest BCUT2D eigenvalue weighted by molar-refractivity contribution is -0.147. The Kier molecular flexibility index (Phi) is 8.75. The van der Waals surface area contributed by atoms with Gasteiger partial charge in [-0.25, -0.2) is 4.79 Å². The summed E-state index contributed by atoms with van der Waals surface area (Å²) in [5, 5.41) is 5.31. The fourth-order valence-corrected chi connectivity index (χ4v) is 3.00. The molecule has 8 nitrogen and oxygen atoms in total. The smallest absolute Gasteiger partial charge is 0.337 e. The quantitative estimate of drug-likeness (QED) is 0.545. The molecule has 2 aromatic carbocycles. The van der Waals surface area contributed by atoms with E-state index in [2.05, 4.69) is 31.3 Å². The molecule has 2 amide bonds. The summed E-state index contributed by atoms with van der Waals surface area (Å²) in [6, 6.07) is 9.73. The largest absolute Gasteiger partial charge is 0.465 e. The fraction of sp³-hybridized carbons (Fsp3) is 0.273. The minimum atomic E-state index is -0.657. The number of methoxy groups -OCH3 is 1. The lowest BCUT2D eigenvalue weighted by Gasteiger charge is -2.12. The van der Waals surface area contributed by atoms with Crippen molar-refractivity contribution in [3.05, 3.63) is 57.6 Å². The molecule has 0 aliphatic carbocycles. The molecule has 0 bridgehead atoms. The van der Waals surface area contributed by atoms with Gasteiger partial charge in [0.15, 0.2) is 6.61 Å².